The molecule has 0 bridgehead atoms. The van der Waals surface area contributed by atoms with Gasteiger partial charge < -0.3 is 25.4 Å². The summed E-state index contributed by atoms with van der Waals surface area (Å²) in [6, 6.07) is 15.1. The van der Waals surface area contributed by atoms with Crippen molar-refractivity contribution in [2.45, 2.75) is 43.7 Å². The molecule has 0 saturated heterocycles. The van der Waals surface area contributed by atoms with Crippen LogP contribution in [0.5, 0.6) is 0 Å². The predicted molar refractivity (Wildman–Crippen MR) is 132 cm³/mol. The zero-order valence-corrected chi connectivity index (χ0v) is 20.4. The van der Waals surface area contributed by atoms with Gasteiger partial charge in [0.25, 0.3) is 0 Å². The number of nitrogens with zero attached hydrogens (tertiary/aromatic N) is 1. The molecule has 0 spiro atoms. The quantitative estimate of drug-likeness (QED) is 0.483. The van der Waals surface area contributed by atoms with Crippen molar-refractivity contribution in [3.8, 4) is 11.1 Å². The molecule has 2 atom stereocenters. The van der Waals surface area contributed by atoms with E-state index in [1.54, 1.807) is 6.92 Å². The number of hydrogen-bond donors (Lipinski definition) is 3. The van der Waals surface area contributed by atoms with E-state index in [2.05, 4.69) is 22.8 Å². The van der Waals surface area contributed by atoms with Crippen molar-refractivity contribution in [1.82, 2.24) is 15.5 Å². The summed E-state index contributed by atoms with van der Waals surface area (Å²) < 4.78 is 5.64. The topological polar surface area (TPSA) is 108 Å². The standard InChI is InChI=1S/C27H33N3O5/c1-27(17-12-13-17,25(33)28-23(24(31)32)14-15-30(2)3)29-26(34)35-16-22-20-10-6-4-8-18(20)19-9-5-7-11-21(19)22/h4-11,17,22-23H,12-16H2,1-3H3,(H,28,33)(H,29,34)(H,31,32). The molecule has 2 unspecified atom stereocenters. The molecule has 0 aliphatic heterocycles. The Kier molecular flexibility index (Phi) is 7.12. The fourth-order valence-corrected chi connectivity index (χ4v) is 4.80. The molecule has 8 nitrogen and oxygen atoms in total. The van der Waals surface area contributed by atoms with E-state index >= 15 is 0 Å². The lowest BCUT2D eigenvalue weighted by atomic mass is 9.94. The highest BCUT2D eigenvalue weighted by Gasteiger charge is 2.49. The second-order valence-electron chi connectivity index (χ2n) is 9.88. The summed E-state index contributed by atoms with van der Waals surface area (Å²) in [7, 11) is 3.68. The lowest BCUT2D eigenvalue weighted by Gasteiger charge is -2.31. The smallest absolute Gasteiger partial charge is 0.408 e. The SMILES string of the molecule is CN(C)CCC(NC(=O)C(C)(NC(=O)OCC1c2ccccc2-c2ccccc21)C1CC1)C(=O)O. The van der Waals surface area contributed by atoms with E-state index in [4.69, 9.17) is 4.74 Å². The van der Waals surface area contributed by atoms with Crippen molar-refractivity contribution in [2.24, 2.45) is 5.92 Å². The molecule has 0 radical (unpaired) electrons. The number of hydrogen-bond acceptors (Lipinski definition) is 5. The number of nitrogens with one attached hydrogen (secondary N) is 2. The van der Waals surface area contributed by atoms with Crippen LogP contribution >= 0.6 is 0 Å². The van der Waals surface area contributed by atoms with Gasteiger partial charge in [-0.25, -0.2) is 9.59 Å². The first kappa shape index (κ1) is 24.7. The Morgan fingerprint density at radius 2 is 1.63 bits per heavy atom. The fourth-order valence-electron chi connectivity index (χ4n) is 4.80. The van der Waals surface area contributed by atoms with Crippen LogP contribution in [0, 0.1) is 5.92 Å². The predicted octanol–water partition coefficient (Wildman–Crippen LogP) is 3.21. The number of carbonyl (C=O) groups is 3. The second kappa shape index (κ2) is 10.1. The van der Waals surface area contributed by atoms with Crippen molar-refractivity contribution in [3.05, 3.63) is 59.7 Å². The number of alkyl carbamates (subject to hydrolysis) is 1. The zero-order chi connectivity index (χ0) is 25.2. The maximum atomic E-state index is 13.2. The van der Waals surface area contributed by atoms with Crippen LogP contribution in [0.15, 0.2) is 48.5 Å². The lowest BCUT2D eigenvalue weighted by molar-refractivity contribution is -0.143. The summed E-state index contributed by atoms with van der Waals surface area (Å²) in [6.07, 6.45) is 1.14. The maximum Gasteiger partial charge on any atom is 0.408 e. The average Bonchev–Trinajstić information content (AvgIpc) is 3.64. The number of carboxylic acid groups (broad SMARTS) is 1. The van der Waals surface area contributed by atoms with E-state index in [-0.39, 0.29) is 24.9 Å². The molecule has 0 heterocycles. The van der Waals surface area contributed by atoms with E-state index < -0.39 is 29.6 Å². The van der Waals surface area contributed by atoms with Gasteiger partial charge in [0.15, 0.2) is 0 Å². The number of aliphatic carboxylic acids is 1. The van der Waals surface area contributed by atoms with Crippen molar-refractivity contribution in [2.75, 3.05) is 27.2 Å². The Balaban J connectivity index is 1.42. The molecule has 2 aromatic rings. The molecule has 2 aliphatic rings. The summed E-state index contributed by atoms with van der Waals surface area (Å²) in [6.45, 7) is 2.30. The van der Waals surface area contributed by atoms with Gasteiger partial charge in [-0.05, 0) is 68.5 Å². The molecule has 3 N–H and O–H groups in total. The Bertz CT molecular complexity index is 1070. The number of carbonyl (C=O) groups excluding carboxylic acids is 2. The highest BCUT2D eigenvalue weighted by atomic mass is 16.5. The van der Waals surface area contributed by atoms with Gasteiger partial charge >= 0.3 is 12.1 Å². The molecule has 1 saturated carbocycles. The molecule has 4 rings (SSSR count). The lowest BCUT2D eigenvalue weighted by Crippen LogP contribution is -2.61. The molecule has 2 aromatic carbocycles. The number of ether oxygens (including phenoxy) is 1. The Morgan fingerprint density at radius 3 is 2.14 bits per heavy atom. The Labute approximate surface area is 205 Å². The summed E-state index contributed by atoms with van der Waals surface area (Å²) in [5, 5.41) is 14.9. The van der Waals surface area contributed by atoms with E-state index in [0.29, 0.717) is 6.54 Å². The number of rotatable bonds is 10. The highest BCUT2D eigenvalue weighted by molar-refractivity contribution is 5.93. The molecule has 1 fully saturated rings. The summed E-state index contributed by atoms with van der Waals surface area (Å²) >= 11 is 0. The van der Waals surface area contributed by atoms with Gasteiger partial charge in [0.1, 0.15) is 18.2 Å². The molecule has 186 valence electrons. The third-order valence-electron chi connectivity index (χ3n) is 7.04. The molecular formula is C27H33N3O5. The third-order valence-corrected chi connectivity index (χ3v) is 7.04. The highest BCUT2D eigenvalue weighted by Crippen LogP contribution is 2.44. The average molecular weight is 480 g/mol. The first-order valence-corrected chi connectivity index (χ1v) is 12.0. The van der Waals surface area contributed by atoms with Crippen molar-refractivity contribution in [1.29, 1.82) is 0 Å². The molecule has 8 heteroatoms. The van der Waals surface area contributed by atoms with Gasteiger partial charge in [0.05, 0.1) is 0 Å². The molecule has 2 amide bonds. The maximum absolute atomic E-state index is 13.2. The van der Waals surface area contributed by atoms with E-state index in [9.17, 15) is 19.5 Å². The minimum absolute atomic E-state index is 0.0636. The second-order valence-corrected chi connectivity index (χ2v) is 9.88. The number of amides is 2. The van der Waals surface area contributed by atoms with Gasteiger partial charge in [0, 0.05) is 12.5 Å². The van der Waals surface area contributed by atoms with Crippen LogP contribution in [0.1, 0.15) is 43.2 Å². The Hall–Kier alpha value is -3.39. The minimum atomic E-state index is -1.24. The van der Waals surface area contributed by atoms with Crippen LogP contribution in [0.3, 0.4) is 0 Å². The molecule has 0 aromatic heterocycles. The largest absolute Gasteiger partial charge is 0.480 e. The van der Waals surface area contributed by atoms with Crippen LogP contribution in [-0.2, 0) is 14.3 Å². The van der Waals surface area contributed by atoms with E-state index in [1.807, 2.05) is 55.4 Å². The summed E-state index contributed by atoms with van der Waals surface area (Å²) in [5.74, 6) is -1.75. The van der Waals surface area contributed by atoms with Crippen LogP contribution in [0.25, 0.3) is 11.1 Å². The molecule has 2 aliphatic carbocycles. The van der Waals surface area contributed by atoms with Crippen LogP contribution < -0.4 is 10.6 Å². The van der Waals surface area contributed by atoms with Gasteiger partial charge in [0.2, 0.25) is 5.91 Å². The van der Waals surface area contributed by atoms with Gasteiger partial charge in [-0.15, -0.1) is 0 Å². The van der Waals surface area contributed by atoms with Crippen molar-refractivity contribution >= 4 is 18.0 Å². The molecule has 35 heavy (non-hydrogen) atoms. The minimum Gasteiger partial charge on any atom is -0.480 e. The van der Waals surface area contributed by atoms with Crippen LogP contribution in [-0.4, -0.2) is 66.8 Å². The van der Waals surface area contributed by atoms with E-state index in [1.165, 1.54) is 0 Å². The summed E-state index contributed by atoms with van der Waals surface area (Å²) in [4.78, 5) is 39.6. The first-order valence-electron chi connectivity index (χ1n) is 12.0. The third kappa shape index (κ3) is 5.32. The van der Waals surface area contributed by atoms with Crippen molar-refractivity contribution < 1.29 is 24.2 Å². The molecular weight excluding hydrogens is 446 g/mol. The first-order chi connectivity index (χ1) is 16.7. The van der Waals surface area contributed by atoms with Crippen LogP contribution in [0.4, 0.5) is 4.79 Å². The summed E-state index contributed by atoms with van der Waals surface area (Å²) in [5.41, 5.74) is 3.24. The Morgan fingerprint density at radius 1 is 1.06 bits per heavy atom. The fraction of sp³-hybridized carbons (Fsp3) is 0.444. The van der Waals surface area contributed by atoms with Crippen LogP contribution in [0.2, 0.25) is 0 Å². The monoisotopic (exact) mass is 479 g/mol. The number of fused-ring (bicyclic) bond motifs is 3. The normalized spacial score (nSPS) is 17.1. The van der Waals surface area contributed by atoms with Gasteiger partial charge in [-0.1, -0.05) is 48.5 Å². The van der Waals surface area contributed by atoms with Gasteiger partial charge in [-0.3, -0.25) is 4.79 Å². The number of carboxylic acids is 1. The zero-order valence-electron chi connectivity index (χ0n) is 20.4. The van der Waals surface area contributed by atoms with E-state index in [0.717, 1.165) is 35.1 Å². The van der Waals surface area contributed by atoms with Crippen molar-refractivity contribution in [3.63, 3.8) is 0 Å². The number of benzene rings is 2. The van der Waals surface area contributed by atoms with Gasteiger partial charge in [-0.2, -0.15) is 0 Å².